The molecule has 0 spiro atoms. The molecule has 1 heterocycles. The van der Waals surface area contributed by atoms with Crippen LogP contribution in [0.3, 0.4) is 0 Å². The molecule has 1 saturated carbocycles. The summed E-state index contributed by atoms with van der Waals surface area (Å²) in [5, 5.41) is 2.80. The van der Waals surface area contributed by atoms with Crippen LogP contribution in [0.4, 0.5) is 17.6 Å². The third-order valence-electron chi connectivity index (χ3n) is 5.34. The lowest BCUT2D eigenvalue weighted by atomic mass is 9.79. The summed E-state index contributed by atoms with van der Waals surface area (Å²) < 4.78 is 54.5. The quantitative estimate of drug-likeness (QED) is 0.578. The van der Waals surface area contributed by atoms with Crippen molar-refractivity contribution in [1.82, 2.24) is 10.2 Å². The molecule has 0 radical (unpaired) electrons. The van der Waals surface area contributed by atoms with E-state index in [4.69, 9.17) is 11.6 Å². The van der Waals surface area contributed by atoms with Gasteiger partial charge in [0, 0.05) is 37.8 Å². The summed E-state index contributed by atoms with van der Waals surface area (Å²) in [5.41, 5.74) is -0.765. The Morgan fingerprint density at radius 2 is 1.63 bits per heavy atom. The van der Waals surface area contributed by atoms with Crippen molar-refractivity contribution >= 4 is 36.4 Å². The number of nitrogens with zero attached hydrogens (tertiary/aromatic N) is 1. The van der Waals surface area contributed by atoms with E-state index >= 15 is 0 Å². The minimum atomic E-state index is -4.54. The van der Waals surface area contributed by atoms with Crippen molar-refractivity contribution in [2.24, 2.45) is 5.92 Å². The maximum atomic E-state index is 14.8. The summed E-state index contributed by atoms with van der Waals surface area (Å²) in [7, 11) is 0. The SMILES string of the molecule is Cl.Cl.Fc1c(Cl)cc(C(F)(F)F)cc1[C@H](C1CCCCC1)N1CCNCC1. The highest BCUT2D eigenvalue weighted by Gasteiger charge is 2.37. The molecule has 2 nitrogen and oxygen atoms in total. The Bertz CT molecular complexity index is 583. The van der Waals surface area contributed by atoms with Crippen molar-refractivity contribution in [2.75, 3.05) is 26.2 Å². The van der Waals surface area contributed by atoms with E-state index in [1.807, 2.05) is 0 Å². The summed E-state index contributed by atoms with van der Waals surface area (Å²) in [6, 6.07) is 1.32. The number of piperazine rings is 1. The van der Waals surface area contributed by atoms with E-state index in [-0.39, 0.29) is 42.3 Å². The molecule has 27 heavy (non-hydrogen) atoms. The number of nitrogens with one attached hydrogen (secondary N) is 1. The first-order valence-electron chi connectivity index (χ1n) is 8.89. The lowest BCUT2D eigenvalue weighted by molar-refractivity contribution is -0.137. The highest BCUT2D eigenvalue weighted by atomic mass is 35.5. The molecule has 0 aromatic heterocycles. The van der Waals surface area contributed by atoms with Crippen LogP contribution in [0, 0.1) is 11.7 Å². The second-order valence-corrected chi connectivity index (χ2v) is 7.40. The van der Waals surface area contributed by atoms with Gasteiger partial charge in [0.05, 0.1) is 10.6 Å². The van der Waals surface area contributed by atoms with Crippen LogP contribution in [0.2, 0.25) is 5.02 Å². The van der Waals surface area contributed by atoms with E-state index in [1.54, 1.807) is 0 Å². The number of hydrogen-bond donors (Lipinski definition) is 1. The first-order valence-corrected chi connectivity index (χ1v) is 9.26. The molecule has 0 bridgehead atoms. The zero-order valence-corrected chi connectivity index (χ0v) is 17.2. The molecule has 1 aromatic carbocycles. The molecular weight excluding hydrogens is 427 g/mol. The third kappa shape index (κ3) is 5.86. The Morgan fingerprint density at radius 1 is 1.04 bits per heavy atom. The Kier molecular flexibility index (Phi) is 9.62. The monoisotopic (exact) mass is 450 g/mol. The smallest absolute Gasteiger partial charge is 0.314 e. The lowest BCUT2D eigenvalue weighted by Gasteiger charge is -2.41. The predicted molar refractivity (Wildman–Crippen MR) is 105 cm³/mol. The van der Waals surface area contributed by atoms with Gasteiger partial charge in [-0.1, -0.05) is 30.9 Å². The Balaban J connectivity index is 0.00000182. The zero-order chi connectivity index (χ0) is 18.0. The maximum absolute atomic E-state index is 14.8. The van der Waals surface area contributed by atoms with Crippen LogP contribution < -0.4 is 5.32 Å². The number of hydrogen-bond acceptors (Lipinski definition) is 2. The molecule has 1 saturated heterocycles. The van der Waals surface area contributed by atoms with Gasteiger partial charge in [-0.25, -0.2) is 4.39 Å². The summed E-state index contributed by atoms with van der Waals surface area (Å²) in [4.78, 5) is 2.13. The van der Waals surface area contributed by atoms with Crippen LogP contribution in [0.5, 0.6) is 0 Å². The van der Waals surface area contributed by atoms with Gasteiger partial charge in [-0.15, -0.1) is 24.8 Å². The maximum Gasteiger partial charge on any atom is 0.416 e. The van der Waals surface area contributed by atoms with Gasteiger partial charge in [0.1, 0.15) is 5.82 Å². The normalized spacial score (nSPS) is 20.5. The van der Waals surface area contributed by atoms with Gasteiger partial charge in [-0.05, 0) is 30.9 Å². The molecule has 9 heteroatoms. The van der Waals surface area contributed by atoms with Crippen molar-refractivity contribution < 1.29 is 17.6 Å². The average Bonchev–Trinajstić information content (AvgIpc) is 2.60. The van der Waals surface area contributed by atoms with Gasteiger partial charge in [-0.3, -0.25) is 4.90 Å². The Labute approximate surface area is 174 Å². The van der Waals surface area contributed by atoms with Gasteiger partial charge < -0.3 is 5.32 Å². The van der Waals surface area contributed by atoms with Crippen LogP contribution in [0.15, 0.2) is 12.1 Å². The predicted octanol–water partition coefficient (Wildman–Crippen LogP) is 5.87. The molecular formula is C18H25Cl3F4N2. The topological polar surface area (TPSA) is 15.3 Å². The molecule has 1 N–H and O–H groups in total. The van der Waals surface area contributed by atoms with Crippen LogP contribution in [0.25, 0.3) is 0 Å². The van der Waals surface area contributed by atoms with Crippen LogP contribution >= 0.6 is 36.4 Å². The van der Waals surface area contributed by atoms with Gasteiger partial charge in [-0.2, -0.15) is 13.2 Å². The molecule has 2 aliphatic rings. The molecule has 1 aromatic rings. The van der Waals surface area contributed by atoms with Gasteiger partial charge in [0.15, 0.2) is 0 Å². The lowest BCUT2D eigenvalue weighted by Crippen LogP contribution is -2.47. The second-order valence-electron chi connectivity index (χ2n) is 6.99. The van der Waals surface area contributed by atoms with Gasteiger partial charge in [0.2, 0.25) is 0 Å². The minimum absolute atomic E-state index is 0. The van der Waals surface area contributed by atoms with E-state index in [0.29, 0.717) is 19.2 Å². The molecule has 1 aliphatic heterocycles. The molecule has 1 atom stereocenters. The second kappa shape index (κ2) is 10.5. The highest BCUT2D eigenvalue weighted by molar-refractivity contribution is 6.30. The molecule has 2 fully saturated rings. The number of halogens is 7. The number of alkyl halides is 3. The third-order valence-corrected chi connectivity index (χ3v) is 5.62. The van der Waals surface area contributed by atoms with E-state index in [9.17, 15) is 17.6 Å². The molecule has 0 unspecified atom stereocenters. The Morgan fingerprint density at radius 3 is 2.19 bits per heavy atom. The first kappa shape index (κ1) is 24.8. The number of benzene rings is 1. The molecule has 156 valence electrons. The summed E-state index contributed by atoms with van der Waals surface area (Å²) in [6.07, 6.45) is 0.524. The van der Waals surface area contributed by atoms with Crippen molar-refractivity contribution in [3.05, 3.63) is 34.1 Å². The standard InChI is InChI=1S/C18H23ClF4N2.2ClH/c19-15-11-13(18(21,22)23)10-14(16(15)20)17(12-4-2-1-3-5-12)25-8-6-24-7-9-25;;/h10-12,17,24H,1-9H2;2*1H/t17-;;/m0../s1. The van der Waals surface area contributed by atoms with Crippen molar-refractivity contribution in [2.45, 2.75) is 44.3 Å². The largest absolute Gasteiger partial charge is 0.416 e. The Hall–Kier alpha value is -0.270. The van der Waals surface area contributed by atoms with Gasteiger partial charge >= 0.3 is 6.18 Å². The van der Waals surface area contributed by atoms with Crippen molar-refractivity contribution in [1.29, 1.82) is 0 Å². The van der Waals surface area contributed by atoms with Crippen molar-refractivity contribution in [3.8, 4) is 0 Å². The van der Waals surface area contributed by atoms with E-state index in [2.05, 4.69) is 10.2 Å². The van der Waals surface area contributed by atoms with E-state index in [0.717, 1.165) is 51.3 Å². The van der Waals surface area contributed by atoms with Gasteiger partial charge in [0.25, 0.3) is 0 Å². The highest BCUT2D eigenvalue weighted by Crippen LogP contribution is 2.43. The summed E-state index contributed by atoms with van der Waals surface area (Å²) in [5.74, 6) is -0.537. The molecule has 0 amide bonds. The molecule has 3 rings (SSSR count). The minimum Gasteiger partial charge on any atom is -0.314 e. The fraction of sp³-hybridized carbons (Fsp3) is 0.667. The average molecular weight is 452 g/mol. The fourth-order valence-electron chi connectivity index (χ4n) is 4.15. The number of rotatable bonds is 3. The first-order chi connectivity index (χ1) is 11.9. The zero-order valence-electron chi connectivity index (χ0n) is 14.8. The van der Waals surface area contributed by atoms with Crippen molar-refractivity contribution in [3.63, 3.8) is 0 Å². The van der Waals surface area contributed by atoms with E-state index in [1.165, 1.54) is 0 Å². The summed E-state index contributed by atoms with van der Waals surface area (Å²) >= 11 is 5.84. The van der Waals surface area contributed by atoms with Crippen LogP contribution in [-0.2, 0) is 6.18 Å². The fourth-order valence-corrected chi connectivity index (χ4v) is 4.37. The van der Waals surface area contributed by atoms with Crippen LogP contribution in [0.1, 0.15) is 49.3 Å². The van der Waals surface area contributed by atoms with Crippen LogP contribution in [-0.4, -0.2) is 31.1 Å². The van der Waals surface area contributed by atoms with E-state index < -0.39 is 22.6 Å². The molecule has 1 aliphatic carbocycles. The summed E-state index contributed by atoms with van der Waals surface area (Å²) in [6.45, 7) is 2.93.